The number of nitrogens with zero attached hydrogens (tertiary/aromatic N) is 2. The molecular weight excluding hydrogens is 302 g/mol. The fourth-order valence-corrected chi connectivity index (χ4v) is 3.51. The maximum atomic E-state index is 12.3. The molecule has 124 valence electrons. The first kappa shape index (κ1) is 15.0. The molecule has 1 N–H and O–H groups in total. The molecule has 1 aliphatic rings. The van der Waals surface area contributed by atoms with Crippen LogP contribution in [0.25, 0.3) is 11.0 Å². The number of imidazole rings is 1. The summed E-state index contributed by atoms with van der Waals surface area (Å²) < 4.78 is 7.51. The van der Waals surface area contributed by atoms with Gasteiger partial charge in [0.25, 0.3) is 5.91 Å². The Morgan fingerprint density at radius 1 is 1.25 bits per heavy atom. The SMILES string of the molecule is O=C(NCc1ccco1)c1ccc2c(c1)ncn2C1CCCCC1. The average molecular weight is 323 g/mol. The van der Waals surface area contributed by atoms with Crippen LogP contribution < -0.4 is 5.32 Å². The fraction of sp³-hybridized carbons (Fsp3) is 0.368. The van der Waals surface area contributed by atoms with Gasteiger partial charge >= 0.3 is 0 Å². The first-order chi connectivity index (χ1) is 11.8. The zero-order valence-electron chi connectivity index (χ0n) is 13.6. The second-order valence-electron chi connectivity index (χ2n) is 6.41. The highest BCUT2D eigenvalue weighted by atomic mass is 16.3. The lowest BCUT2D eigenvalue weighted by molar-refractivity contribution is 0.0948. The maximum Gasteiger partial charge on any atom is 0.251 e. The summed E-state index contributed by atoms with van der Waals surface area (Å²) in [6.07, 6.45) is 9.88. The van der Waals surface area contributed by atoms with E-state index < -0.39 is 0 Å². The third-order valence-electron chi connectivity index (χ3n) is 4.81. The third kappa shape index (κ3) is 2.94. The molecule has 3 aromatic rings. The molecule has 1 aromatic carbocycles. The third-order valence-corrected chi connectivity index (χ3v) is 4.81. The summed E-state index contributed by atoms with van der Waals surface area (Å²) in [5.74, 6) is 0.631. The lowest BCUT2D eigenvalue weighted by Gasteiger charge is -2.23. The number of amides is 1. The van der Waals surface area contributed by atoms with Gasteiger partial charge in [0.2, 0.25) is 0 Å². The predicted octanol–water partition coefficient (Wildman–Crippen LogP) is 4.06. The first-order valence-corrected chi connectivity index (χ1v) is 8.58. The van der Waals surface area contributed by atoms with Crippen molar-refractivity contribution >= 4 is 16.9 Å². The quantitative estimate of drug-likeness (QED) is 0.787. The molecular formula is C19H21N3O2. The molecule has 0 bridgehead atoms. The van der Waals surface area contributed by atoms with E-state index in [1.807, 2.05) is 36.7 Å². The Labute approximate surface area is 140 Å². The Kier molecular flexibility index (Phi) is 4.07. The number of rotatable bonds is 4. The molecule has 1 saturated carbocycles. The van der Waals surface area contributed by atoms with E-state index >= 15 is 0 Å². The molecule has 0 radical (unpaired) electrons. The number of carbonyl (C=O) groups excluding carboxylic acids is 1. The number of carbonyl (C=O) groups is 1. The molecule has 0 spiro atoms. The van der Waals surface area contributed by atoms with E-state index in [9.17, 15) is 4.79 Å². The van der Waals surface area contributed by atoms with Crippen LogP contribution in [0, 0.1) is 0 Å². The molecule has 0 aliphatic heterocycles. The molecule has 1 aliphatic carbocycles. The standard InChI is InChI=1S/C19H21N3O2/c23-19(20-12-16-7-4-10-24-16)14-8-9-18-17(11-14)21-13-22(18)15-5-2-1-3-6-15/h4,7-11,13,15H,1-3,5-6,12H2,(H,20,23). The Bertz CT molecular complexity index is 830. The van der Waals surface area contributed by atoms with Crippen LogP contribution in [0.3, 0.4) is 0 Å². The lowest BCUT2D eigenvalue weighted by atomic mass is 9.95. The van der Waals surface area contributed by atoms with Gasteiger partial charge in [-0.2, -0.15) is 0 Å². The fourth-order valence-electron chi connectivity index (χ4n) is 3.51. The largest absolute Gasteiger partial charge is 0.467 e. The van der Waals surface area contributed by atoms with Crippen molar-refractivity contribution in [2.24, 2.45) is 0 Å². The molecule has 4 rings (SSSR count). The molecule has 5 nitrogen and oxygen atoms in total. The van der Waals surface area contributed by atoms with Gasteiger partial charge in [0, 0.05) is 11.6 Å². The first-order valence-electron chi connectivity index (χ1n) is 8.58. The van der Waals surface area contributed by atoms with E-state index in [0.29, 0.717) is 18.2 Å². The van der Waals surface area contributed by atoms with Crippen LogP contribution in [0.2, 0.25) is 0 Å². The second-order valence-corrected chi connectivity index (χ2v) is 6.41. The average Bonchev–Trinajstić information content (AvgIpc) is 3.29. The highest BCUT2D eigenvalue weighted by Gasteiger charge is 2.18. The Morgan fingerprint density at radius 2 is 2.12 bits per heavy atom. The van der Waals surface area contributed by atoms with Gasteiger partial charge in [-0.1, -0.05) is 19.3 Å². The van der Waals surface area contributed by atoms with E-state index in [-0.39, 0.29) is 5.91 Å². The van der Waals surface area contributed by atoms with Crippen molar-refractivity contribution in [3.8, 4) is 0 Å². The van der Waals surface area contributed by atoms with E-state index in [1.165, 1.54) is 32.1 Å². The number of furan rings is 1. The number of aromatic nitrogens is 2. The number of nitrogens with one attached hydrogen (secondary N) is 1. The van der Waals surface area contributed by atoms with Gasteiger partial charge in [0.05, 0.1) is 30.2 Å². The molecule has 0 atom stereocenters. The van der Waals surface area contributed by atoms with Crippen LogP contribution in [0.5, 0.6) is 0 Å². The molecule has 24 heavy (non-hydrogen) atoms. The predicted molar refractivity (Wildman–Crippen MR) is 91.7 cm³/mol. The second kappa shape index (κ2) is 6.51. The molecule has 0 saturated heterocycles. The van der Waals surface area contributed by atoms with Crippen molar-refractivity contribution in [2.45, 2.75) is 44.7 Å². The summed E-state index contributed by atoms with van der Waals surface area (Å²) in [6.45, 7) is 0.389. The van der Waals surface area contributed by atoms with E-state index in [2.05, 4.69) is 14.9 Å². The summed E-state index contributed by atoms with van der Waals surface area (Å²) in [5.41, 5.74) is 2.62. The molecule has 0 unspecified atom stereocenters. The van der Waals surface area contributed by atoms with Crippen molar-refractivity contribution in [1.29, 1.82) is 0 Å². The van der Waals surface area contributed by atoms with Gasteiger partial charge < -0.3 is 14.3 Å². The number of hydrogen-bond acceptors (Lipinski definition) is 3. The Morgan fingerprint density at radius 3 is 2.92 bits per heavy atom. The van der Waals surface area contributed by atoms with Crippen LogP contribution >= 0.6 is 0 Å². The zero-order valence-corrected chi connectivity index (χ0v) is 13.6. The zero-order chi connectivity index (χ0) is 16.4. The maximum absolute atomic E-state index is 12.3. The van der Waals surface area contributed by atoms with Gasteiger partial charge in [-0.05, 0) is 43.2 Å². The minimum absolute atomic E-state index is 0.111. The van der Waals surface area contributed by atoms with Crippen LogP contribution in [0.15, 0.2) is 47.3 Å². The van der Waals surface area contributed by atoms with Crippen LogP contribution in [-0.2, 0) is 6.54 Å². The van der Waals surface area contributed by atoms with Gasteiger partial charge in [0.15, 0.2) is 0 Å². The van der Waals surface area contributed by atoms with Gasteiger partial charge in [-0.15, -0.1) is 0 Å². The molecule has 1 amide bonds. The van der Waals surface area contributed by atoms with Crippen molar-refractivity contribution in [3.63, 3.8) is 0 Å². The molecule has 1 fully saturated rings. The summed E-state index contributed by atoms with van der Waals surface area (Å²) in [6, 6.07) is 9.95. The van der Waals surface area contributed by atoms with Gasteiger partial charge in [-0.25, -0.2) is 4.98 Å². The minimum atomic E-state index is -0.111. The highest BCUT2D eigenvalue weighted by Crippen LogP contribution is 2.30. The Hall–Kier alpha value is -2.56. The Balaban J connectivity index is 1.52. The van der Waals surface area contributed by atoms with Crippen LogP contribution in [-0.4, -0.2) is 15.5 Å². The lowest BCUT2D eigenvalue weighted by Crippen LogP contribution is -2.22. The van der Waals surface area contributed by atoms with Gasteiger partial charge in [-0.3, -0.25) is 4.79 Å². The van der Waals surface area contributed by atoms with E-state index in [0.717, 1.165) is 16.8 Å². The van der Waals surface area contributed by atoms with E-state index in [1.54, 1.807) is 6.26 Å². The summed E-state index contributed by atoms with van der Waals surface area (Å²) >= 11 is 0. The number of benzene rings is 1. The molecule has 2 heterocycles. The summed E-state index contributed by atoms with van der Waals surface area (Å²) in [7, 11) is 0. The molecule has 5 heteroatoms. The summed E-state index contributed by atoms with van der Waals surface area (Å²) in [5, 5.41) is 2.87. The normalized spacial score (nSPS) is 15.7. The number of hydrogen-bond donors (Lipinski definition) is 1. The topological polar surface area (TPSA) is 60.1 Å². The highest BCUT2D eigenvalue weighted by molar-refractivity contribution is 5.97. The van der Waals surface area contributed by atoms with Crippen molar-refractivity contribution < 1.29 is 9.21 Å². The monoisotopic (exact) mass is 323 g/mol. The van der Waals surface area contributed by atoms with Crippen molar-refractivity contribution in [2.75, 3.05) is 0 Å². The summed E-state index contributed by atoms with van der Waals surface area (Å²) in [4.78, 5) is 16.8. The van der Waals surface area contributed by atoms with Gasteiger partial charge in [0.1, 0.15) is 5.76 Å². The van der Waals surface area contributed by atoms with Crippen LogP contribution in [0.1, 0.15) is 54.3 Å². The number of fused-ring (bicyclic) bond motifs is 1. The smallest absolute Gasteiger partial charge is 0.251 e. The van der Waals surface area contributed by atoms with Crippen molar-refractivity contribution in [3.05, 3.63) is 54.2 Å². The molecule has 2 aromatic heterocycles. The van der Waals surface area contributed by atoms with E-state index in [4.69, 9.17) is 4.42 Å². The van der Waals surface area contributed by atoms with Crippen LogP contribution in [0.4, 0.5) is 0 Å². The van der Waals surface area contributed by atoms with Crippen molar-refractivity contribution in [1.82, 2.24) is 14.9 Å². The minimum Gasteiger partial charge on any atom is -0.467 e.